The summed E-state index contributed by atoms with van der Waals surface area (Å²) in [5.41, 5.74) is 1.23. The van der Waals surface area contributed by atoms with Gasteiger partial charge in [0, 0.05) is 0 Å². The number of unbranched alkanes of at least 4 members (excludes halogenated alkanes) is 2. The highest BCUT2D eigenvalue weighted by Gasteiger charge is 2.12. The van der Waals surface area contributed by atoms with Gasteiger partial charge in [-0.2, -0.15) is 0 Å². The Morgan fingerprint density at radius 2 is 1.47 bits per heavy atom. The fraction of sp³-hybridized carbons (Fsp3) is 0.571. The van der Waals surface area contributed by atoms with Gasteiger partial charge in [-0.3, -0.25) is 0 Å². The molecule has 0 saturated carbocycles. The molecule has 3 heteroatoms. The van der Waals surface area contributed by atoms with Crippen molar-refractivity contribution in [3.05, 3.63) is 17.7 Å². The third-order valence-electron chi connectivity index (χ3n) is 2.79. The van der Waals surface area contributed by atoms with Crippen molar-refractivity contribution in [1.29, 1.82) is 0 Å². The minimum Gasteiger partial charge on any atom is -0.493 e. The molecule has 0 N–H and O–H groups in total. The van der Waals surface area contributed by atoms with E-state index in [1.807, 2.05) is 12.1 Å². The van der Waals surface area contributed by atoms with Gasteiger partial charge in [-0.25, -0.2) is 0 Å². The summed E-state index contributed by atoms with van der Waals surface area (Å²) >= 11 is 0. The van der Waals surface area contributed by atoms with Gasteiger partial charge in [0.05, 0.1) is 21.3 Å². The van der Waals surface area contributed by atoms with E-state index in [2.05, 4.69) is 6.92 Å². The molecule has 0 saturated heterocycles. The van der Waals surface area contributed by atoms with Crippen LogP contribution in [0.4, 0.5) is 0 Å². The molecular formula is C14H22O3. The lowest BCUT2D eigenvalue weighted by Gasteiger charge is -2.14. The van der Waals surface area contributed by atoms with Crippen LogP contribution in [-0.2, 0) is 6.42 Å². The minimum atomic E-state index is 0.661. The molecule has 0 radical (unpaired) electrons. The topological polar surface area (TPSA) is 27.7 Å². The van der Waals surface area contributed by atoms with Gasteiger partial charge < -0.3 is 14.2 Å². The number of benzene rings is 1. The van der Waals surface area contributed by atoms with Crippen molar-refractivity contribution < 1.29 is 14.2 Å². The lowest BCUT2D eigenvalue weighted by Crippen LogP contribution is -1.97. The smallest absolute Gasteiger partial charge is 0.203 e. The van der Waals surface area contributed by atoms with E-state index in [1.165, 1.54) is 24.8 Å². The van der Waals surface area contributed by atoms with E-state index in [1.54, 1.807) is 21.3 Å². The second-order valence-corrected chi connectivity index (χ2v) is 3.99. The third-order valence-corrected chi connectivity index (χ3v) is 2.79. The molecule has 1 aromatic rings. The van der Waals surface area contributed by atoms with Crippen LogP contribution in [0, 0.1) is 0 Å². The van der Waals surface area contributed by atoms with Crippen LogP contribution in [-0.4, -0.2) is 21.3 Å². The van der Waals surface area contributed by atoms with Gasteiger partial charge in [-0.15, -0.1) is 0 Å². The third kappa shape index (κ3) is 3.55. The van der Waals surface area contributed by atoms with Crippen LogP contribution in [0.5, 0.6) is 17.2 Å². The van der Waals surface area contributed by atoms with Crippen LogP contribution in [0.1, 0.15) is 31.7 Å². The standard InChI is InChI=1S/C14H22O3/c1-5-6-7-8-11-9-12(15-2)14(17-4)13(10-11)16-3/h9-10H,5-8H2,1-4H3. The van der Waals surface area contributed by atoms with Crippen molar-refractivity contribution in [3.8, 4) is 17.2 Å². The largest absolute Gasteiger partial charge is 0.493 e. The molecule has 0 fully saturated rings. The predicted octanol–water partition coefficient (Wildman–Crippen LogP) is 3.45. The average molecular weight is 238 g/mol. The average Bonchev–Trinajstić information content (AvgIpc) is 2.37. The molecule has 1 aromatic carbocycles. The molecule has 0 bridgehead atoms. The Kier molecular flexibility index (Phi) is 5.67. The number of rotatable bonds is 7. The Morgan fingerprint density at radius 3 is 1.88 bits per heavy atom. The Balaban J connectivity index is 2.92. The summed E-state index contributed by atoms with van der Waals surface area (Å²) in [6.45, 7) is 2.20. The maximum atomic E-state index is 5.32. The lowest BCUT2D eigenvalue weighted by atomic mass is 10.1. The van der Waals surface area contributed by atoms with Crippen LogP contribution in [0.2, 0.25) is 0 Å². The molecule has 0 aromatic heterocycles. The van der Waals surface area contributed by atoms with E-state index in [-0.39, 0.29) is 0 Å². The van der Waals surface area contributed by atoms with Crippen molar-refractivity contribution in [2.45, 2.75) is 32.6 Å². The number of aryl methyl sites for hydroxylation is 1. The number of methoxy groups -OCH3 is 3. The zero-order chi connectivity index (χ0) is 12.7. The summed E-state index contributed by atoms with van der Waals surface area (Å²) in [5.74, 6) is 2.13. The first-order chi connectivity index (χ1) is 8.26. The second-order valence-electron chi connectivity index (χ2n) is 3.99. The van der Waals surface area contributed by atoms with Gasteiger partial charge in [-0.05, 0) is 30.5 Å². The molecule has 0 aliphatic rings. The Bertz CT molecular complexity index is 322. The van der Waals surface area contributed by atoms with Crippen LogP contribution in [0.3, 0.4) is 0 Å². The SMILES string of the molecule is CCCCCc1cc(OC)c(OC)c(OC)c1. The first-order valence-corrected chi connectivity index (χ1v) is 6.05. The Morgan fingerprint density at radius 1 is 0.882 bits per heavy atom. The predicted molar refractivity (Wildman–Crippen MR) is 69.3 cm³/mol. The van der Waals surface area contributed by atoms with E-state index >= 15 is 0 Å². The molecule has 1 rings (SSSR count). The minimum absolute atomic E-state index is 0.661. The maximum Gasteiger partial charge on any atom is 0.203 e. The van der Waals surface area contributed by atoms with Crippen LogP contribution < -0.4 is 14.2 Å². The second kappa shape index (κ2) is 7.05. The van der Waals surface area contributed by atoms with Crippen LogP contribution in [0.15, 0.2) is 12.1 Å². The molecule has 96 valence electrons. The number of hydrogen-bond acceptors (Lipinski definition) is 3. The van der Waals surface area contributed by atoms with Crippen molar-refractivity contribution in [2.24, 2.45) is 0 Å². The van der Waals surface area contributed by atoms with Crippen LogP contribution in [0.25, 0.3) is 0 Å². The molecule has 0 atom stereocenters. The van der Waals surface area contributed by atoms with Crippen molar-refractivity contribution in [1.82, 2.24) is 0 Å². The Hall–Kier alpha value is -1.38. The molecule has 0 amide bonds. The van der Waals surface area contributed by atoms with E-state index in [9.17, 15) is 0 Å². The van der Waals surface area contributed by atoms with E-state index in [4.69, 9.17) is 14.2 Å². The first-order valence-electron chi connectivity index (χ1n) is 6.05. The van der Waals surface area contributed by atoms with Gasteiger partial charge in [0.2, 0.25) is 5.75 Å². The quantitative estimate of drug-likeness (QED) is 0.681. The monoisotopic (exact) mass is 238 g/mol. The highest BCUT2D eigenvalue weighted by atomic mass is 16.5. The maximum absolute atomic E-state index is 5.32. The molecule has 3 nitrogen and oxygen atoms in total. The van der Waals surface area contributed by atoms with E-state index in [0.717, 1.165) is 17.9 Å². The molecule has 0 aliphatic carbocycles. The summed E-state index contributed by atoms with van der Waals surface area (Å²) in [7, 11) is 4.91. The van der Waals surface area contributed by atoms with Crippen molar-refractivity contribution in [2.75, 3.05) is 21.3 Å². The first kappa shape index (κ1) is 13.7. The summed E-state index contributed by atoms with van der Waals surface area (Å²) in [4.78, 5) is 0. The van der Waals surface area contributed by atoms with Crippen molar-refractivity contribution in [3.63, 3.8) is 0 Å². The van der Waals surface area contributed by atoms with Crippen molar-refractivity contribution >= 4 is 0 Å². The molecule has 0 unspecified atom stereocenters. The van der Waals surface area contributed by atoms with Gasteiger partial charge in [0.25, 0.3) is 0 Å². The summed E-state index contributed by atoms with van der Waals surface area (Å²) in [6, 6.07) is 4.05. The summed E-state index contributed by atoms with van der Waals surface area (Å²) in [5, 5.41) is 0. The van der Waals surface area contributed by atoms with Crippen LogP contribution >= 0.6 is 0 Å². The van der Waals surface area contributed by atoms with Gasteiger partial charge in [0.1, 0.15) is 0 Å². The number of hydrogen-bond donors (Lipinski definition) is 0. The van der Waals surface area contributed by atoms with Gasteiger partial charge in [0.15, 0.2) is 11.5 Å². The van der Waals surface area contributed by atoms with E-state index in [0.29, 0.717) is 5.75 Å². The molecule has 0 aliphatic heterocycles. The fourth-order valence-corrected chi connectivity index (χ4v) is 1.86. The summed E-state index contributed by atoms with van der Waals surface area (Å²) < 4.78 is 15.9. The molecular weight excluding hydrogens is 216 g/mol. The highest BCUT2D eigenvalue weighted by molar-refractivity contribution is 5.53. The normalized spacial score (nSPS) is 10.1. The molecule has 0 heterocycles. The molecule has 0 spiro atoms. The van der Waals surface area contributed by atoms with Gasteiger partial charge in [-0.1, -0.05) is 19.8 Å². The Labute approximate surface area is 104 Å². The fourth-order valence-electron chi connectivity index (χ4n) is 1.86. The van der Waals surface area contributed by atoms with E-state index < -0.39 is 0 Å². The zero-order valence-electron chi connectivity index (χ0n) is 11.2. The highest BCUT2D eigenvalue weighted by Crippen LogP contribution is 2.38. The van der Waals surface area contributed by atoms with Gasteiger partial charge >= 0.3 is 0 Å². The number of ether oxygens (including phenoxy) is 3. The molecule has 17 heavy (non-hydrogen) atoms. The summed E-state index contributed by atoms with van der Waals surface area (Å²) in [6.07, 6.45) is 4.71. The lowest BCUT2D eigenvalue weighted by molar-refractivity contribution is 0.323. The zero-order valence-corrected chi connectivity index (χ0v) is 11.2.